The molecular weight excluding hydrogens is 461 g/mol. The fourth-order valence-corrected chi connectivity index (χ4v) is 3.78. The molecule has 0 atom stereocenters. The number of benzene rings is 2. The number of nitrogens with one attached hydrogen (secondary N) is 1. The number of amides is 3. The first-order chi connectivity index (χ1) is 17.5. The van der Waals surface area contributed by atoms with Crippen LogP contribution in [0.3, 0.4) is 0 Å². The van der Waals surface area contributed by atoms with Crippen LogP contribution in [-0.2, 0) is 24.3 Å². The number of rotatable bonds is 10. The van der Waals surface area contributed by atoms with Crippen molar-refractivity contribution in [3.8, 4) is 0 Å². The van der Waals surface area contributed by atoms with Crippen molar-refractivity contribution in [3.63, 3.8) is 0 Å². The molecule has 0 bridgehead atoms. The van der Waals surface area contributed by atoms with E-state index in [2.05, 4.69) is 5.32 Å². The van der Waals surface area contributed by atoms with E-state index in [1.54, 1.807) is 23.1 Å². The van der Waals surface area contributed by atoms with Crippen LogP contribution < -0.4 is 5.32 Å². The van der Waals surface area contributed by atoms with E-state index in [9.17, 15) is 14.0 Å². The molecule has 4 rings (SSSR count). The van der Waals surface area contributed by atoms with Crippen molar-refractivity contribution in [3.05, 3.63) is 114 Å². The van der Waals surface area contributed by atoms with Crippen molar-refractivity contribution < 1.29 is 22.8 Å². The minimum atomic E-state index is -0.540. The minimum absolute atomic E-state index is 0.0757. The summed E-state index contributed by atoms with van der Waals surface area (Å²) in [5.74, 6) is 1.22. The van der Waals surface area contributed by atoms with E-state index < -0.39 is 11.8 Å². The van der Waals surface area contributed by atoms with E-state index in [0.29, 0.717) is 30.2 Å². The summed E-state index contributed by atoms with van der Waals surface area (Å²) >= 11 is 0. The van der Waals surface area contributed by atoms with Gasteiger partial charge >= 0.3 is 6.03 Å². The number of aryl methyl sites for hydroxylation is 1. The van der Waals surface area contributed by atoms with Gasteiger partial charge in [-0.1, -0.05) is 36.4 Å². The van der Waals surface area contributed by atoms with Gasteiger partial charge in [0.2, 0.25) is 5.91 Å². The Morgan fingerprint density at radius 1 is 0.889 bits per heavy atom. The number of furan rings is 2. The second-order valence-electron chi connectivity index (χ2n) is 8.44. The SMILES string of the molecule is Cc1ccc(CN(CCc2ccccc2)C(=O)CN(Cc2ccco2)C(=O)Nc2cccc(F)c2)o1. The van der Waals surface area contributed by atoms with Crippen LogP contribution in [0.2, 0.25) is 0 Å². The van der Waals surface area contributed by atoms with Crippen LogP contribution in [0.25, 0.3) is 0 Å². The Hall–Kier alpha value is -4.33. The quantitative estimate of drug-likeness (QED) is 0.313. The number of carbonyl (C=O) groups is 2. The molecule has 1 N–H and O–H groups in total. The lowest BCUT2D eigenvalue weighted by atomic mass is 10.1. The number of carbonyl (C=O) groups excluding carboxylic acids is 2. The molecule has 4 aromatic rings. The fourth-order valence-electron chi connectivity index (χ4n) is 3.78. The van der Waals surface area contributed by atoms with Crippen molar-refractivity contribution in [2.75, 3.05) is 18.4 Å². The van der Waals surface area contributed by atoms with Gasteiger partial charge in [-0.2, -0.15) is 0 Å². The number of hydrogen-bond donors (Lipinski definition) is 1. The van der Waals surface area contributed by atoms with Crippen LogP contribution in [0.1, 0.15) is 22.8 Å². The van der Waals surface area contributed by atoms with Crippen LogP contribution in [0.4, 0.5) is 14.9 Å². The number of halogens is 1. The predicted molar refractivity (Wildman–Crippen MR) is 134 cm³/mol. The van der Waals surface area contributed by atoms with Crippen LogP contribution in [-0.4, -0.2) is 34.8 Å². The molecule has 0 radical (unpaired) electrons. The molecule has 36 heavy (non-hydrogen) atoms. The molecule has 7 nitrogen and oxygen atoms in total. The van der Waals surface area contributed by atoms with Gasteiger partial charge in [-0.25, -0.2) is 9.18 Å². The molecule has 0 aliphatic rings. The molecule has 0 fully saturated rings. The van der Waals surface area contributed by atoms with Gasteiger partial charge < -0.3 is 24.0 Å². The van der Waals surface area contributed by atoms with Crippen molar-refractivity contribution in [2.45, 2.75) is 26.4 Å². The average Bonchev–Trinajstić information content (AvgIpc) is 3.53. The molecule has 0 spiro atoms. The number of urea groups is 1. The molecule has 2 heterocycles. The van der Waals surface area contributed by atoms with Gasteiger partial charge in [0.15, 0.2) is 0 Å². The Balaban J connectivity index is 1.50. The van der Waals surface area contributed by atoms with Crippen molar-refractivity contribution in [1.29, 1.82) is 0 Å². The highest BCUT2D eigenvalue weighted by Gasteiger charge is 2.23. The Morgan fingerprint density at radius 3 is 2.39 bits per heavy atom. The van der Waals surface area contributed by atoms with Crippen LogP contribution in [0, 0.1) is 12.7 Å². The first-order valence-corrected chi connectivity index (χ1v) is 11.7. The maximum atomic E-state index is 13.6. The zero-order chi connectivity index (χ0) is 25.3. The van der Waals surface area contributed by atoms with Gasteiger partial charge in [0.05, 0.1) is 19.4 Å². The summed E-state index contributed by atoms with van der Waals surface area (Å²) < 4.78 is 24.7. The Kier molecular flexibility index (Phi) is 8.18. The molecule has 0 saturated heterocycles. The third-order valence-corrected chi connectivity index (χ3v) is 5.62. The molecule has 0 aliphatic heterocycles. The molecule has 8 heteroatoms. The van der Waals surface area contributed by atoms with Gasteiger partial charge in [-0.3, -0.25) is 4.79 Å². The Labute approximate surface area is 209 Å². The highest BCUT2D eigenvalue weighted by molar-refractivity contribution is 5.92. The summed E-state index contributed by atoms with van der Waals surface area (Å²) in [5, 5.41) is 2.67. The summed E-state index contributed by atoms with van der Waals surface area (Å²) in [5.41, 5.74) is 1.39. The highest BCUT2D eigenvalue weighted by Crippen LogP contribution is 2.15. The van der Waals surface area contributed by atoms with Crippen molar-refractivity contribution in [1.82, 2.24) is 9.80 Å². The van der Waals surface area contributed by atoms with Crippen molar-refractivity contribution in [2.24, 2.45) is 0 Å². The maximum Gasteiger partial charge on any atom is 0.322 e. The monoisotopic (exact) mass is 489 g/mol. The van der Waals surface area contributed by atoms with E-state index in [1.807, 2.05) is 49.4 Å². The summed E-state index contributed by atoms with van der Waals surface area (Å²) in [6.45, 7) is 2.45. The second kappa shape index (κ2) is 11.9. The van der Waals surface area contributed by atoms with Gasteiger partial charge in [0.1, 0.15) is 29.6 Å². The first-order valence-electron chi connectivity index (χ1n) is 11.7. The zero-order valence-electron chi connectivity index (χ0n) is 20.0. The Bertz CT molecular complexity index is 1270. The zero-order valence-corrected chi connectivity index (χ0v) is 20.0. The standard InChI is InChI=1S/C28H28FN3O4/c1-21-12-13-26(36-21)19-31(15-14-22-7-3-2-4-8-22)27(33)20-32(18-25-11-6-16-35-25)28(34)30-24-10-5-9-23(29)17-24/h2-13,16-17H,14-15,18-20H2,1H3,(H,30,34). The lowest BCUT2D eigenvalue weighted by molar-refractivity contribution is -0.132. The Morgan fingerprint density at radius 2 is 1.69 bits per heavy atom. The smallest absolute Gasteiger partial charge is 0.322 e. The largest absolute Gasteiger partial charge is 0.467 e. The average molecular weight is 490 g/mol. The summed E-state index contributed by atoms with van der Waals surface area (Å²) in [6, 6.07) is 22.1. The molecule has 3 amide bonds. The first kappa shape index (κ1) is 24.8. The molecule has 2 aromatic carbocycles. The molecule has 0 unspecified atom stereocenters. The van der Waals surface area contributed by atoms with Crippen LogP contribution >= 0.6 is 0 Å². The second-order valence-corrected chi connectivity index (χ2v) is 8.44. The molecule has 0 saturated carbocycles. The summed E-state index contributed by atoms with van der Waals surface area (Å²) in [4.78, 5) is 29.6. The lowest BCUT2D eigenvalue weighted by Crippen LogP contribution is -2.44. The lowest BCUT2D eigenvalue weighted by Gasteiger charge is -2.27. The summed E-state index contributed by atoms with van der Waals surface area (Å²) in [6.07, 6.45) is 2.16. The minimum Gasteiger partial charge on any atom is -0.467 e. The molecular formula is C28H28FN3O4. The third-order valence-electron chi connectivity index (χ3n) is 5.62. The topological polar surface area (TPSA) is 78.9 Å². The van der Waals surface area contributed by atoms with Gasteiger partial charge in [0.25, 0.3) is 0 Å². The third kappa shape index (κ3) is 7.09. The van der Waals surface area contributed by atoms with E-state index in [4.69, 9.17) is 8.83 Å². The normalized spacial score (nSPS) is 10.7. The number of hydrogen-bond acceptors (Lipinski definition) is 4. The predicted octanol–water partition coefficient (Wildman–Crippen LogP) is 5.63. The van der Waals surface area contributed by atoms with Crippen LogP contribution in [0.5, 0.6) is 0 Å². The van der Waals surface area contributed by atoms with E-state index in [-0.39, 0.29) is 25.5 Å². The molecule has 186 valence electrons. The van der Waals surface area contributed by atoms with Crippen molar-refractivity contribution >= 4 is 17.6 Å². The van der Waals surface area contributed by atoms with Gasteiger partial charge in [-0.15, -0.1) is 0 Å². The van der Waals surface area contributed by atoms with Gasteiger partial charge in [0, 0.05) is 12.2 Å². The number of anilines is 1. The molecule has 2 aromatic heterocycles. The van der Waals surface area contributed by atoms with E-state index >= 15 is 0 Å². The molecule has 0 aliphatic carbocycles. The van der Waals surface area contributed by atoms with Gasteiger partial charge in [-0.05, 0) is 61.4 Å². The number of nitrogens with zero attached hydrogens (tertiary/aromatic N) is 2. The highest BCUT2D eigenvalue weighted by atomic mass is 19.1. The van der Waals surface area contributed by atoms with Crippen LogP contribution in [0.15, 0.2) is 94.0 Å². The summed E-state index contributed by atoms with van der Waals surface area (Å²) in [7, 11) is 0. The fraction of sp³-hybridized carbons (Fsp3) is 0.214. The maximum absolute atomic E-state index is 13.6. The van der Waals surface area contributed by atoms with E-state index in [1.165, 1.54) is 29.4 Å². The van der Waals surface area contributed by atoms with E-state index in [0.717, 1.165) is 11.3 Å².